The van der Waals surface area contributed by atoms with Gasteiger partial charge in [-0.2, -0.15) is 13.2 Å². The maximum absolute atomic E-state index is 13.2. The molecule has 0 radical (unpaired) electrons. The molecule has 0 amide bonds. The molecule has 1 aromatic carbocycles. The highest BCUT2D eigenvalue weighted by Gasteiger charge is 2.34. The lowest BCUT2D eigenvalue weighted by Gasteiger charge is -2.14. The molecule has 0 fully saturated rings. The third kappa shape index (κ3) is 2.78. The first-order valence-corrected chi connectivity index (χ1v) is 5.46. The summed E-state index contributed by atoms with van der Waals surface area (Å²) in [6, 6.07) is 3.56. The van der Waals surface area contributed by atoms with Crippen molar-refractivity contribution < 1.29 is 22.0 Å². The highest BCUT2D eigenvalue weighted by molar-refractivity contribution is 5.35. The predicted octanol–water partition coefficient (Wildman–Crippen LogP) is 3.79. The van der Waals surface area contributed by atoms with Gasteiger partial charge in [0.15, 0.2) is 0 Å². The van der Waals surface area contributed by atoms with Gasteiger partial charge < -0.3 is 10.2 Å². The second-order valence-corrected chi connectivity index (χ2v) is 4.21. The third-order valence-corrected chi connectivity index (χ3v) is 2.76. The van der Waals surface area contributed by atoms with Gasteiger partial charge in [-0.15, -0.1) is 0 Å². The van der Waals surface area contributed by atoms with Crippen molar-refractivity contribution in [1.29, 1.82) is 0 Å². The molecule has 1 unspecified atom stereocenters. The van der Waals surface area contributed by atoms with Crippen LogP contribution in [0.5, 0.6) is 0 Å². The minimum Gasteiger partial charge on any atom is -0.469 e. The first-order chi connectivity index (χ1) is 8.79. The zero-order valence-electron chi connectivity index (χ0n) is 9.96. The topological polar surface area (TPSA) is 39.2 Å². The van der Waals surface area contributed by atoms with Crippen molar-refractivity contribution in [3.63, 3.8) is 0 Å². The number of hydrogen-bond donors (Lipinski definition) is 1. The number of nitrogens with two attached hydrogens (primary N) is 1. The second-order valence-electron chi connectivity index (χ2n) is 4.21. The Balaban J connectivity index is 2.41. The quantitative estimate of drug-likeness (QED) is 0.845. The molecule has 0 aliphatic rings. The van der Waals surface area contributed by atoms with Gasteiger partial charge in [0.2, 0.25) is 0 Å². The van der Waals surface area contributed by atoms with Crippen molar-refractivity contribution >= 4 is 0 Å². The Hall–Kier alpha value is -1.82. The number of alkyl halides is 3. The molecular weight excluding hydrogens is 262 g/mol. The highest BCUT2D eigenvalue weighted by Crippen LogP contribution is 2.33. The fourth-order valence-electron chi connectivity index (χ4n) is 1.77. The molecule has 1 heterocycles. The molecule has 2 N–H and O–H groups in total. The van der Waals surface area contributed by atoms with Gasteiger partial charge in [0.25, 0.3) is 0 Å². The van der Waals surface area contributed by atoms with E-state index in [9.17, 15) is 17.6 Å². The van der Waals surface area contributed by atoms with Gasteiger partial charge in [0.05, 0.1) is 17.9 Å². The average molecular weight is 273 g/mol. The van der Waals surface area contributed by atoms with Gasteiger partial charge in [0, 0.05) is 5.56 Å². The van der Waals surface area contributed by atoms with Crippen molar-refractivity contribution in [3.05, 3.63) is 58.8 Å². The molecule has 2 aromatic rings. The van der Waals surface area contributed by atoms with Crippen molar-refractivity contribution in [1.82, 2.24) is 0 Å². The largest absolute Gasteiger partial charge is 0.469 e. The molecule has 0 bridgehead atoms. The van der Waals surface area contributed by atoms with E-state index in [1.54, 1.807) is 13.0 Å². The van der Waals surface area contributed by atoms with Crippen molar-refractivity contribution in [2.24, 2.45) is 5.73 Å². The Morgan fingerprint density at radius 2 is 1.84 bits per heavy atom. The van der Waals surface area contributed by atoms with Crippen LogP contribution in [-0.2, 0) is 6.18 Å². The zero-order chi connectivity index (χ0) is 14.2. The standard InChI is InChI=1S/C13H11F4NO/c1-7-4-9(6-19-7)12(18)8-2-3-11(14)10(5-8)13(15,16)17/h2-6,12H,18H2,1H3. The van der Waals surface area contributed by atoms with Crippen LogP contribution in [-0.4, -0.2) is 0 Å². The van der Waals surface area contributed by atoms with Crippen LogP contribution >= 0.6 is 0 Å². The molecule has 0 aliphatic heterocycles. The smallest absolute Gasteiger partial charge is 0.419 e. The van der Waals surface area contributed by atoms with Gasteiger partial charge in [-0.05, 0) is 30.7 Å². The van der Waals surface area contributed by atoms with Crippen LogP contribution in [0.15, 0.2) is 34.9 Å². The lowest BCUT2D eigenvalue weighted by atomic mass is 9.99. The summed E-state index contributed by atoms with van der Waals surface area (Å²) in [6.07, 6.45) is -3.37. The van der Waals surface area contributed by atoms with Crippen molar-refractivity contribution in [2.45, 2.75) is 19.1 Å². The van der Waals surface area contributed by atoms with Crippen LogP contribution in [0.1, 0.15) is 28.5 Å². The summed E-state index contributed by atoms with van der Waals surface area (Å²) < 4.78 is 56.0. The molecule has 2 rings (SSSR count). The molecule has 0 saturated carbocycles. The lowest BCUT2D eigenvalue weighted by Crippen LogP contribution is -2.14. The average Bonchev–Trinajstić information content (AvgIpc) is 2.74. The maximum Gasteiger partial charge on any atom is 0.419 e. The molecule has 1 aromatic heterocycles. The molecule has 0 saturated heterocycles. The summed E-state index contributed by atoms with van der Waals surface area (Å²) in [6.45, 7) is 1.70. The van der Waals surface area contributed by atoms with Crippen LogP contribution < -0.4 is 5.73 Å². The Labute approximate surface area is 106 Å². The van der Waals surface area contributed by atoms with Gasteiger partial charge >= 0.3 is 6.18 Å². The maximum atomic E-state index is 13.2. The summed E-state index contributed by atoms with van der Waals surface area (Å²) >= 11 is 0. The van der Waals surface area contributed by atoms with Crippen molar-refractivity contribution in [3.8, 4) is 0 Å². The van der Waals surface area contributed by atoms with Gasteiger partial charge in [-0.25, -0.2) is 4.39 Å². The Bertz CT molecular complexity index is 589. The molecule has 6 heteroatoms. The summed E-state index contributed by atoms with van der Waals surface area (Å²) in [7, 11) is 0. The zero-order valence-corrected chi connectivity index (χ0v) is 9.96. The molecule has 19 heavy (non-hydrogen) atoms. The van der Waals surface area contributed by atoms with Crippen LogP contribution in [0.3, 0.4) is 0 Å². The first kappa shape index (κ1) is 13.6. The molecular formula is C13H11F4NO. The minimum atomic E-state index is -4.74. The van der Waals surface area contributed by atoms with Crippen LogP contribution in [0.2, 0.25) is 0 Å². The molecule has 1 atom stereocenters. The Kier molecular flexibility index (Phi) is 3.36. The van der Waals surface area contributed by atoms with E-state index in [1.165, 1.54) is 12.3 Å². The second kappa shape index (κ2) is 4.70. The van der Waals surface area contributed by atoms with E-state index in [0.29, 0.717) is 11.3 Å². The number of furan rings is 1. The molecule has 0 aliphatic carbocycles. The van der Waals surface area contributed by atoms with E-state index >= 15 is 0 Å². The number of hydrogen-bond acceptors (Lipinski definition) is 2. The van der Waals surface area contributed by atoms with Gasteiger partial charge in [0.1, 0.15) is 11.6 Å². The van der Waals surface area contributed by atoms with E-state index < -0.39 is 23.6 Å². The van der Waals surface area contributed by atoms with E-state index in [4.69, 9.17) is 10.2 Å². The number of benzene rings is 1. The molecule has 0 spiro atoms. The number of halogens is 4. The van der Waals surface area contributed by atoms with Gasteiger partial charge in [-0.1, -0.05) is 6.07 Å². The van der Waals surface area contributed by atoms with E-state index in [1.807, 2.05) is 0 Å². The number of aryl methyl sites for hydroxylation is 1. The summed E-state index contributed by atoms with van der Waals surface area (Å²) in [5, 5.41) is 0. The van der Waals surface area contributed by atoms with Gasteiger partial charge in [-0.3, -0.25) is 0 Å². The SMILES string of the molecule is Cc1cc(C(N)c2ccc(F)c(C(F)(F)F)c2)co1. The van der Waals surface area contributed by atoms with E-state index in [0.717, 1.165) is 12.1 Å². The van der Waals surface area contributed by atoms with Crippen LogP contribution in [0, 0.1) is 12.7 Å². The summed E-state index contributed by atoms with van der Waals surface area (Å²) in [5.41, 5.74) is 5.24. The molecule has 102 valence electrons. The van der Waals surface area contributed by atoms with Crippen LogP contribution in [0.25, 0.3) is 0 Å². The minimum absolute atomic E-state index is 0.175. The lowest BCUT2D eigenvalue weighted by molar-refractivity contribution is -0.140. The predicted molar refractivity (Wildman–Crippen MR) is 60.9 cm³/mol. The summed E-state index contributed by atoms with van der Waals surface area (Å²) in [5.74, 6) is -0.713. The van der Waals surface area contributed by atoms with E-state index in [2.05, 4.69) is 0 Å². The fraction of sp³-hybridized carbons (Fsp3) is 0.231. The van der Waals surface area contributed by atoms with E-state index in [-0.39, 0.29) is 5.56 Å². The summed E-state index contributed by atoms with van der Waals surface area (Å²) in [4.78, 5) is 0. The number of rotatable bonds is 2. The molecule has 2 nitrogen and oxygen atoms in total. The monoisotopic (exact) mass is 273 g/mol. The fourth-order valence-corrected chi connectivity index (χ4v) is 1.77. The third-order valence-electron chi connectivity index (χ3n) is 2.76. The first-order valence-electron chi connectivity index (χ1n) is 5.46. The normalized spacial score (nSPS) is 13.6. The highest BCUT2D eigenvalue weighted by atomic mass is 19.4. The van der Waals surface area contributed by atoms with Crippen molar-refractivity contribution in [2.75, 3.05) is 0 Å². The Morgan fingerprint density at radius 1 is 1.16 bits per heavy atom. The van der Waals surface area contributed by atoms with Crippen LogP contribution in [0.4, 0.5) is 17.6 Å². The Morgan fingerprint density at radius 3 is 2.37 bits per heavy atom.